The predicted octanol–water partition coefficient (Wildman–Crippen LogP) is 2.53. The molecule has 1 aliphatic carbocycles. The summed E-state index contributed by atoms with van der Waals surface area (Å²) in [5, 5.41) is 3.49. The summed E-state index contributed by atoms with van der Waals surface area (Å²) in [5.74, 6) is 3.23. The number of hydrogen-bond donors (Lipinski definition) is 2. The second kappa shape index (κ2) is 4.90. The first kappa shape index (κ1) is 12.1. The highest BCUT2D eigenvalue weighted by molar-refractivity contribution is 5.55. The highest BCUT2D eigenvalue weighted by Gasteiger charge is 2.26. The second-order valence-corrected chi connectivity index (χ2v) is 5.17. The van der Waals surface area contributed by atoms with Crippen molar-refractivity contribution in [3.63, 3.8) is 0 Å². The van der Waals surface area contributed by atoms with Crippen molar-refractivity contribution in [3.05, 3.63) is 11.4 Å². The fraction of sp³-hybridized carbons (Fsp3) is 0.692. The summed E-state index contributed by atoms with van der Waals surface area (Å²) >= 11 is 0. The molecule has 1 heterocycles. The molecule has 4 heteroatoms. The second-order valence-electron chi connectivity index (χ2n) is 5.17. The Hall–Kier alpha value is -1.32. The van der Waals surface area contributed by atoms with Crippen LogP contribution in [-0.2, 0) is 6.42 Å². The summed E-state index contributed by atoms with van der Waals surface area (Å²) in [6, 6.07) is 0.562. The molecule has 0 radical (unpaired) electrons. The van der Waals surface area contributed by atoms with E-state index in [9.17, 15) is 0 Å². The summed E-state index contributed by atoms with van der Waals surface area (Å²) in [5.41, 5.74) is 6.90. The van der Waals surface area contributed by atoms with Crippen LogP contribution in [0, 0.1) is 12.8 Å². The van der Waals surface area contributed by atoms with Crippen molar-refractivity contribution in [2.24, 2.45) is 5.92 Å². The van der Waals surface area contributed by atoms with Gasteiger partial charge in [0.2, 0.25) is 0 Å². The molecule has 0 aromatic carbocycles. The van der Waals surface area contributed by atoms with Gasteiger partial charge in [-0.25, -0.2) is 9.97 Å². The molecule has 1 saturated carbocycles. The Kier molecular flexibility index (Phi) is 3.50. The number of nitrogen functional groups attached to an aromatic ring is 1. The van der Waals surface area contributed by atoms with Gasteiger partial charge in [0.15, 0.2) is 0 Å². The Bertz CT molecular complexity index is 397. The summed E-state index contributed by atoms with van der Waals surface area (Å²) in [6.07, 6.45) is 4.39. The van der Waals surface area contributed by atoms with Crippen molar-refractivity contribution in [1.82, 2.24) is 9.97 Å². The summed E-state index contributed by atoms with van der Waals surface area (Å²) in [7, 11) is 0. The highest BCUT2D eigenvalue weighted by Crippen LogP contribution is 2.30. The molecule has 2 rings (SSSR count). The zero-order valence-electron chi connectivity index (χ0n) is 11.0. The minimum absolute atomic E-state index is 0.562. The Balaban J connectivity index is 2.13. The van der Waals surface area contributed by atoms with E-state index >= 15 is 0 Å². The van der Waals surface area contributed by atoms with Gasteiger partial charge in [0.1, 0.15) is 17.5 Å². The van der Waals surface area contributed by atoms with Gasteiger partial charge >= 0.3 is 0 Å². The number of nitrogens with zero attached hydrogens (tertiary/aromatic N) is 2. The van der Waals surface area contributed by atoms with Crippen LogP contribution in [0.2, 0.25) is 0 Å². The Morgan fingerprint density at radius 2 is 2.06 bits per heavy atom. The van der Waals surface area contributed by atoms with E-state index in [1.807, 2.05) is 6.92 Å². The highest BCUT2D eigenvalue weighted by atomic mass is 15.1. The molecule has 0 atom stereocenters. The molecule has 0 spiro atoms. The minimum Gasteiger partial charge on any atom is -0.383 e. The van der Waals surface area contributed by atoms with E-state index in [0.717, 1.165) is 36.0 Å². The van der Waals surface area contributed by atoms with Crippen LogP contribution in [0.5, 0.6) is 0 Å². The monoisotopic (exact) mass is 234 g/mol. The summed E-state index contributed by atoms with van der Waals surface area (Å²) in [4.78, 5) is 8.88. The van der Waals surface area contributed by atoms with Crippen molar-refractivity contribution >= 4 is 11.6 Å². The maximum atomic E-state index is 5.92. The third-order valence-electron chi connectivity index (χ3n) is 3.42. The van der Waals surface area contributed by atoms with Gasteiger partial charge in [-0.1, -0.05) is 13.8 Å². The molecule has 1 fully saturated rings. The summed E-state index contributed by atoms with van der Waals surface area (Å²) in [6.45, 7) is 6.39. The van der Waals surface area contributed by atoms with Gasteiger partial charge in [-0.3, -0.25) is 0 Å². The van der Waals surface area contributed by atoms with Gasteiger partial charge in [-0.15, -0.1) is 0 Å². The molecular weight excluding hydrogens is 212 g/mol. The lowest BCUT2D eigenvalue weighted by atomic mass is 9.82. The van der Waals surface area contributed by atoms with E-state index in [0.29, 0.717) is 11.9 Å². The third kappa shape index (κ3) is 2.68. The molecule has 0 bridgehead atoms. The molecule has 1 aromatic rings. The van der Waals surface area contributed by atoms with E-state index in [-0.39, 0.29) is 0 Å². The maximum absolute atomic E-state index is 5.92. The molecule has 0 unspecified atom stereocenters. The first-order chi connectivity index (χ1) is 8.10. The van der Waals surface area contributed by atoms with Gasteiger partial charge in [0.25, 0.3) is 0 Å². The zero-order valence-corrected chi connectivity index (χ0v) is 11.0. The van der Waals surface area contributed by atoms with Crippen molar-refractivity contribution in [2.75, 3.05) is 11.1 Å². The number of aryl methyl sites for hydroxylation is 1. The molecule has 3 N–H and O–H groups in total. The van der Waals surface area contributed by atoms with E-state index in [1.165, 1.54) is 12.8 Å². The van der Waals surface area contributed by atoms with Crippen LogP contribution in [0.4, 0.5) is 11.6 Å². The van der Waals surface area contributed by atoms with Crippen molar-refractivity contribution in [2.45, 2.75) is 52.5 Å². The van der Waals surface area contributed by atoms with Gasteiger partial charge in [0.05, 0.1) is 0 Å². The molecule has 4 nitrogen and oxygen atoms in total. The van der Waals surface area contributed by atoms with E-state index in [4.69, 9.17) is 5.73 Å². The van der Waals surface area contributed by atoms with Crippen LogP contribution >= 0.6 is 0 Å². The molecule has 17 heavy (non-hydrogen) atoms. The maximum Gasteiger partial charge on any atom is 0.134 e. The fourth-order valence-electron chi connectivity index (χ4n) is 2.27. The van der Waals surface area contributed by atoms with E-state index in [1.54, 1.807) is 0 Å². The first-order valence-electron chi connectivity index (χ1n) is 6.49. The minimum atomic E-state index is 0.562. The number of hydrogen-bond acceptors (Lipinski definition) is 4. The van der Waals surface area contributed by atoms with Crippen LogP contribution in [0.1, 0.15) is 44.5 Å². The number of rotatable bonds is 4. The van der Waals surface area contributed by atoms with Gasteiger partial charge in [-0.2, -0.15) is 0 Å². The quantitative estimate of drug-likeness (QED) is 0.840. The SMILES string of the molecule is CCCc1nc(N)c(C)c(NC2CC(C)C2)n1. The standard InChI is InChI=1S/C13H22N4/c1-4-5-11-16-12(14)9(3)13(17-11)15-10-6-8(2)7-10/h8,10H,4-7H2,1-3H3,(H3,14,15,16,17). The molecule has 94 valence electrons. The van der Waals surface area contributed by atoms with Crippen molar-refractivity contribution in [1.29, 1.82) is 0 Å². The normalized spacial score (nSPS) is 23.2. The number of nitrogens with two attached hydrogens (primary N) is 1. The molecule has 1 aliphatic rings. The van der Waals surface area contributed by atoms with Crippen LogP contribution in [0.25, 0.3) is 0 Å². The van der Waals surface area contributed by atoms with E-state index in [2.05, 4.69) is 29.1 Å². The molecule has 0 amide bonds. The first-order valence-corrected chi connectivity index (χ1v) is 6.49. The largest absolute Gasteiger partial charge is 0.383 e. The molecule has 1 aromatic heterocycles. The van der Waals surface area contributed by atoms with E-state index < -0.39 is 0 Å². The molecule has 0 saturated heterocycles. The van der Waals surface area contributed by atoms with Crippen molar-refractivity contribution in [3.8, 4) is 0 Å². The lowest BCUT2D eigenvalue weighted by molar-refractivity contribution is 0.308. The van der Waals surface area contributed by atoms with Gasteiger partial charge in [0, 0.05) is 18.0 Å². The lowest BCUT2D eigenvalue weighted by Crippen LogP contribution is -2.34. The zero-order chi connectivity index (χ0) is 12.4. The predicted molar refractivity (Wildman–Crippen MR) is 71.0 cm³/mol. The number of aromatic nitrogens is 2. The Morgan fingerprint density at radius 3 is 2.65 bits per heavy atom. The average Bonchev–Trinajstić information content (AvgIpc) is 2.23. The molecular formula is C13H22N4. The van der Waals surface area contributed by atoms with Crippen LogP contribution in [-0.4, -0.2) is 16.0 Å². The van der Waals surface area contributed by atoms with Crippen molar-refractivity contribution < 1.29 is 0 Å². The Morgan fingerprint density at radius 1 is 1.35 bits per heavy atom. The smallest absolute Gasteiger partial charge is 0.134 e. The van der Waals surface area contributed by atoms with Gasteiger partial charge < -0.3 is 11.1 Å². The topological polar surface area (TPSA) is 63.8 Å². The Labute approximate surface area is 103 Å². The van der Waals surface area contributed by atoms with Crippen LogP contribution in [0.3, 0.4) is 0 Å². The lowest BCUT2D eigenvalue weighted by Gasteiger charge is -2.34. The van der Waals surface area contributed by atoms with Crippen LogP contribution < -0.4 is 11.1 Å². The number of anilines is 2. The van der Waals surface area contributed by atoms with Gasteiger partial charge in [-0.05, 0) is 32.1 Å². The number of nitrogens with one attached hydrogen (secondary N) is 1. The van der Waals surface area contributed by atoms with Crippen LogP contribution in [0.15, 0.2) is 0 Å². The fourth-order valence-corrected chi connectivity index (χ4v) is 2.27. The third-order valence-corrected chi connectivity index (χ3v) is 3.42. The molecule has 0 aliphatic heterocycles. The summed E-state index contributed by atoms with van der Waals surface area (Å²) < 4.78 is 0. The average molecular weight is 234 g/mol.